The number of ether oxygens (including phenoxy) is 1. The van der Waals surface area contributed by atoms with Gasteiger partial charge in [-0.15, -0.1) is 0 Å². The first kappa shape index (κ1) is 26.1. The number of aromatic amines is 1. The Bertz CT molecular complexity index is 1080. The van der Waals surface area contributed by atoms with Crippen molar-refractivity contribution in [3.05, 3.63) is 77.6 Å². The predicted octanol–water partition coefficient (Wildman–Crippen LogP) is 4.15. The van der Waals surface area contributed by atoms with Gasteiger partial charge in [-0.05, 0) is 69.7 Å². The Morgan fingerprint density at radius 1 is 1.19 bits per heavy atom. The maximum Gasteiger partial charge on any atom is 0.251 e. The van der Waals surface area contributed by atoms with Crippen LogP contribution in [-0.2, 0) is 11.3 Å². The van der Waals surface area contributed by atoms with Crippen LogP contribution in [0.15, 0.2) is 60.8 Å². The van der Waals surface area contributed by atoms with Crippen LogP contribution in [0.4, 0.5) is 0 Å². The van der Waals surface area contributed by atoms with Gasteiger partial charge in [0, 0.05) is 42.4 Å². The molecule has 7 nitrogen and oxygen atoms in total. The van der Waals surface area contributed by atoms with Crippen molar-refractivity contribution in [2.45, 2.75) is 31.8 Å². The molecule has 0 aliphatic carbocycles. The highest BCUT2D eigenvalue weighted by atomic mass is 16.5. The van der Waals surface area contributed by atoms with Gasteiger partial charge in [0.25, 0.3) is 5.91 Å². The first-order valence-electron chi connectivity index (χ1n) is 13.0. The highest BCUT2D eigenvalue weighted by Gasteiger charge is 2.25. The molecule has 2 aromatic carbocycles. The summed E-state index contributed by atoms with van der Waals surface area (Å²) >= 11 is 0. The quantitative estimate of drug-likeness (QED) is 0.374. The van der Waals surface area contributed by atoms with Gasteiger partial charge >= 0.3 is 0 Å². The largest absolute Gasteiger partial charge is 0.375 e. The summed E-state index contributed by atoms with van der Waals surface area (Å²) in [5.41, 5.74) is 5.17. The predicted molar refractivity (Wildman–Crippen MR) is 144 cm³/mol. The Labute approximate surface area is 214 Å². The molecular formula is C29H39N5O2. The lowest BCUT2D eigenvalue weighted by Crippen LogP contribution is -2.36. The molecule has 0 unspecified atom stereocenters. The van der Waals surface area contributed by atoms with E-state index >= 15 is 0 Å². The van der Waals surface area contributed by atoms with Gasteiger partial charge in [0.15, 0.2) is 0 Å². The first-order chi connectivity index (χ1) is 17.6. The van der Waals surface area contributed by atoms with E-state index in [9.17, 15) is 4.79 Å². The second-order valence-electron chi connectivity index (χ2n) is 9.87. The maximum absolute atomic E-state index is 12.7. The number of nitrogens with one attached hydrogen (secondary N) is 2. The summed E-state index contributed by atoms with van der Waals surface area (Å²) in [6.07, 6.45) is 5.10. The minimum atomic E-state index is -0.0278. The summed E-state index contributed by atoms with van der Waals surface area (Å²) in [5, 5.41) is 10.7. The van der Waals surface area contributed by atoms with Gasteiger partial charge < -0.3 is 19.9 Å². The second kappa shape index (κ2) is 13.3. The number of carbonyl (C=O) groups excluding carboxylic acids is 1. The zero-order chi connectivity index (χ0) is 25.2. The number of carbonyl (C=O) groups is 1. The smallest absolute Gasteiger partial charge is 0.251 e. The third-order valence-electron chi connectivity index (χ3n) is 6.75. The van der Waals surface area contributed by atoms with E-state index in [1.54, 1.807) is 0 Å². The highest BCUT2D eigenvalue weighted by molar-refractivity contribution is 5.95. The number of piperidine rings is 1. The monoisotopic (exact) mass is 489 g/mol. The van der Waals surface area contributed by atoms with Gasteiger partial charge in [0.05, 0.1) is 19.4 Å². The normalized spacial score (nSPS) is 16.4. The fraction of sp³-hybridized carbons (Fsp3) is 0.448. The summed E-state index contributed by atoms with van der Waals surface area (Å²) in [7, 11) is 4.08. The van der Waals surface area contributed by atoms with Crippen molar-refractivity contribution in [2.24, 2.45) is 0 Å². The molecule has 192 valence electrons. The molecule has 36 heavy (non-hydrogen) atoms. The van der Waals surface area contributed by atoms with E-state index in [2.05, 4.69) is 43.5 Å². The number of hydrogen-bond acceptors (Lipinski definition) is 5. The van der Waals surface area contributed by atoms with Crippen LogP contribution >= 0.6 is 0 Å². The molecule has 4 rings (SSSR count). The van der Waals surface area contributed by atoms with Crippen LogP contribution in [0.1, 0.15) is 46.8 Å². The maximum atomic E-state index is 12.7. The molecule has 0 radical (unpaired) electrons. The molecule has 0 spiro atoms. The first-order valence-corrected chi connectivity index (χ1v) is 13.0. The summed E-state index contributed by atoms with van der Waals surface area (Å²) in [5.74, 6) is 0.355. The lowest BCUT2D eigenvalue weighted by atomic mass is 9.90. The van der Waals surface area contributed by atoms with E-state index in [0.717, 1.165) is 68.9 Å². The number of amides is 1. The molecule has 1 atom stereocenters. The summed E-state index contributed by atoms with van der Waals surface area (Å²) in [4.78, 5) is 17.3. The molecule has 2 N–H and O–H groups in total. The van der Waals surface area contributed by atoms with Crippen LogP contribution in [0.5, 0.6) is 0 Å². The van der Waals surface area contributed by atoms with Crippen molar-refractivity contribution in [3.63, 3.8) is 0 Å². The number of rotatable bonds is 12. The van der Waals surface area contributed by atoms with Crippen molar-refractivity contribution < 1.29 is 9.53 Å². The molecule has 3 aromatic rings. The third-order valence-corrected chi connectivity index (χ3v) is 6.75. The lowest BCUT2D eigenvalue weighted by molar-refractivity contribution is 0.0827. The van der Waals surface area contributed by atoms with E-state index in [4.69, 9.17) is 4.74 Å². The Morgan fingerprint density at radius 3 is 2.89 bits per heavy atom. The van der Waals surface area contributed by atoms with Gasteiger partial charge in [-0.3, -0.25) is 9.89 Å². The van der Waals surface area contributed by atoms with Crippen LogP contribution in [0.3, 0.4) is 0 Å². The Balaban J connectivity index is 1.33. The average Bonchev–Trinajstić information content (AvgIpc) is 3.40. The minimum Gasteiger partial charge on any atom is -0.375 e. The third kappa shape index (κ3) is 7.50. The van der Waals surface area contributed by atoms with Gasteiger partial charge in [0.2, 0.25) is 0 Å². The van der Waals surface area contributed by atoms with E-state index in [1.165, 1.54) is 5.56 Å². The van der Waals surface area contributed by atoms with Crippen molar-refractivity contribution in [1.29, 1.82) is 0 Å². The van der Waals surface area contributed by atoms with Crippen LogP contribution in [0.2, 0.25) is 0 Å². The molecule has 0 saturated carbocycles. The van der Waals surface area contributed by atoms with E-state index < -0.39 is 0 Å². The van der Waals surface area contributed by atoms with E-state index in [0.29, 0.717) is 24.6 Å². The SMILES string of the molecule is CN(C)CCCNC(=O)c1cccc(-c2cn[nH]c2[C@@H]2CCCN(CCOCc3ccccc3)C2)c1. The highest BCUT2D eigenvalue weighted by Crippen LogP contribution is 2.33. The molecule has 7 heteroatoms. The number of aromatic nitrogens is 2. The number of H-pyrrole nitrogens is 1. The van der Waals surface area contributed by atoms with Gasteiger partial charge in [-0.1, -0.05) is 42.5 Å². The minimum absolute atomic E-state index is 0.0278. The molecule has 2 heterocycles. The molecule has 0 bridgehead atoms. The lowest BCUT2D eigenvalue weighted by Gasteiger charge is -2.32. The summed E-state index contributed by atoms with van der Waals surface area (Å²) in [6, 6.07) is 18.2. The molecule has 1 aliphatic heterocycles. The van der Waals surface area contributed by atoms with E-state index in [1.807, 2.05) is 56.7 Å². The Hall–Kier alpha value is -3.00. The van der Waals surface area contributed by atoms with Crippen molar-refractivity contribution in [3.8, 4) is 11.1 Å². The Morgan fingerprint density at radius 2 is 2.06 bits per heavy atom. The Kier molecular flexibility index (Phi) is 9.67. The molecule has 1 fully saturated rings. The molecule has 1 saturated heterocycles. The molecule has 1 aliphatic rings. The second-order valence-corrected chi connectivity index (χ2v) is 9.87. The number of nitrogens with zero attached hydrogens (tertiary/aromatic N) is 3. The number of likely N-dealkylation sites (tertiary alicyclic amines) is 1. The van der Waals surface area contributed by atoms with E-state index in [-0.39, 0.29) is 5.91 Å². The number of benzene rings is 2. The summed E-state index contributed by atoms with van der Waals surface area (Å²) in [6.45, 7) is 6.01. The van der Waals surface area contributed by atoms with Gasteiger partial charge in [-0.25, -0.2) is 0 Å². The molecular weight excluding hydrogens is 450 g/mol. The van der Waals surface area contributed by atoms with Crippen LogP contribution in [-0.4, -0.2) is 79.3 Å². The van der Waals surface area contributed by atoms with Crippen LogP contribution in [0, 0.1) is 0 Å². The average molecular weight is 490 g/mol. The van der Waals surface area contributed by atoms with Crippen LogP contribution in [0.25, 0.3) is 11.1 Å². The molecule has 1 aromatic heterocycles. The van der Waals surface area contributed by atoms with Crippen LogP contribution < -0.4 is 5.32 Å². The van der Waals surface area contributed by atoms with Crippen molar-refractivity contribution in [1.82, 2.24) is 25.3 Å². The zero-order valence-electron chi connectivity index (χ0n) is 21.6. The summed E-state index contributed by atoms with van der Waals surface area (Å²) < 4.78 is 5.92. The zero-order valence-corrected chi connectivity index (χ0v) is 21.6. The number of hydrogen-bond donors (Lipinski definition) is 2. The van der Waals surface area contributed by atoms with Gasteiger partial charge in [0.1, 0.15) is 0 Å². The molecule has 1 amide bonds. The fourth-order valence-electron chi connectivity index (χ4n) is 4.82. The van der Waals surface area contributed by atoms with Crippen molar-refractivity contribution in [2.75, 3.05) is 53.4 Å². The van der Waals surface area contributed by atoms with Crippen molar-refractivity contribution >= 4 is 5.91 Å². The standard InChI is InChI=1S/C29H39N5O2/c1-33(2)15-8-14-30-29(35)25-12-6-11-24(19-25)27-20-31-32-28(27)26-13-7-16-34(21-26)17-18-36-22-23-9-4-3-5-10-23/h3-6,9-12,19-20,26H,7-8,13-18,21-22H2,1-2H3,(H,30,35)(H,31,32)/t26-/m1/s1. The fourth-order valence-corrected chi connectivity index (χ4v) is 4.82. The topological polar surface area (TPSA) is 73.5 Å². The van der Waals surface area contributed by atoms with Gasteiger partial charge in [-0.2, -0.15) is 5.10 Å².